The lowest BCUT2D eigenvalue weighted by atomic mass is 10.2. The summed E-state index contributed by atoms with van der Waals surface area (Å²) in [6.45, 7) is 2.78. The zero-order chi connectivity index (χ0) is 10.6. The van der Waals surface area contributed by atoms with Gasteiger partial charge in [0.05, 0.1) is 4.99 Å². The lowest BCUT2D eigenvalue weighted by Gasteiger charge is -2.11. The van der Waals surface area contributed by atoms with Gasteiger partial charge in [0.1, 0.15) is 0 Å². The van der Waals surface area contributed by atoms with Crippen molar-refractivity contribution in [3.8, 4) is 0 Å². The van der Waals surface area contributed by atoms with Crippen LogP contribution in [0.3, 0.4) is 0 Å². The number of anilines is 1. The van der Waals surface area contributed by atoms with Crippen molar-refractivity contribution in [3.05, 3.63) is 28.7 Å². The molecule has 1 aromatic rings. The maximum atomic E-state index is 5.51. The van der Waals surface area contributed by atoms with E-state index in [1.807, 2.05) is 31.2 Å². The standard InChI is InChI=1S/C10H13BrN2S/c1-7(10(12)14)6-13-9-4-2-3-8(11)5-9/h2-5,7,13H,6H2,1H3,(H2,12,14). The fourth-order valence-electron chi connectivity index (χ4n) is 0.970. The van der Waals surface area contributed by atoms with Gasteiger partial charge in [-0.1, -0.05) is 41.1 Å². The lowest BCUT2D eigenvalue weighted by Crippen LogP contribution is -2.25. The van der Waals surface area contributed by atoms with Gasteiger partial charge in [0.2, 0.25) is 0 Å². The second-order valence-corrected chi connectivity index (χ2v) is 4.58. The first-order valence-electron chi connectivity index (χ1n) is 4.38. The second-order valence-electron chi connectivity index (χ2n) is 3.19. The number of thiocarbonyl (C=S) groups is 1. The molecule has 3 N–H and O–H groups in total. The van der Waals surface area contributed by atoms with E-state index in [2.05, 4.69) is 21.2 Å². The molecule has 0 radical (unpaired) electrons. The van der Waals surface area contributed by atoms with Crippen molar-refractivity contribution < 1.29 is 0 Å². The molecule has 76 valence electrons. The number of nitrogens with one attached hydrogen (secondary N) is 1. The minimum atomic E-state index is 0.212. The van der Waals surface area contributed by atoms with Crippen LogP contribution >= 0.6 is 28.1 Å². The smallest absolute Gasteiger partial charge is 0.0773 e. The molecule has 0 aliphatic carbocycles. The molecular formula is C10H13BrN2S. The molecule has 0 heterocycles. The van der Waals surface area contributed by atoms with Gasteiger partial charge >= 0.3 is 0 Å². The van der Waals surface area contributed by atoms with Crippen LogP contribution < -0.4 is 11.1 Å². The first-order chi connectivity index (χ1) is 6.59. The normalized spacial score (nSPS) is 12.1. The summed E-state index contributed by atoms with van der Waals surface area (Å²) in [7, 11) is 0. The third-order valence-corrected chi connectivity index (χ3v) is 2.82. The van der Waals surface area contributed by atoms with Gasteiger partial charge < -0.3 is 11.1 Å². The van der Waals surface area contributed by atoms with Crippen molar-refractivity contribution in [1.29, 1.82) is 0 Å². The van der Waals surface area contributed by atoms with Gasteiger partial charge in [0.15, 0.2) is 0 Å². The van der Waals surface area contributed by atoms with E-state index in [-0.39, 0.29) is 5.92 Å². The molecule has 0 saturated heterocycles. The van der Waals surface area contributed by atoms with Gasteiger partial charge in [-0.2, -0.15) is 0 Å². The van der Waals surface area contributed by atoms with Crippen LogP contribution in [-0.4, -0.2) is 11.5 Å². The molecule has 1 atom stereocenters. The summed E-state index contributed by atoms with van der Waals surface area (Å²) in [5.41, 5.74) is 6.58. The third kappa shape index (κ3) is 3.64. The van der Waals surface area contributed by atoms with Crippen LogP contribution in [0.15, 0.2) is 28.7 Å². The molecule has 0 amide bonds. The summed E-state index contributed by atoms with van der Waals surface area (Å²) in [5.74, 6) is 0.212. The fraction of sp³-hybridized carbons (Fsp3) is 0.300. The molecule has 0 spiro atoms. The quantitative estimate of drug-likeness (QED) is 0.828. The zero-order valence-electron chi connectivity index (χ0n) is 7.96. The largest absolute Gasteiger partial charge is 0.393 e. The number of rotatable bonds is 4. The van der Waals surface area contributed by atoms with Crippen molar-refractivity contribution in [1.82, 2.24) is 0 Å². The molecule has 0 bridgehead atoms. The first-order valence-corrected chi connectivity index (χ1v) is 5.58. The number of hydrogen-bond acceptors (Lipinski definition) is 2. The molecular weight excluding hydrogens is 260 g/mol. The summed E-state index contributed by atoms with van der Waals surface area (Å²) >= 11 is 8.30. The Morgan fingerprint density at radius 1 is 1.64 bits per heavy atom. The van der Waals surface area contributed by atoms with E-state index >= 15 is 0 Å². The maximum Gasteiger partial charge on any atom is 0.0773 e. The van der Waals surface area contributed by atoms with Crippen LogP contribution in [0, 0.1) is 5.92 Å². The second kappa shape index (κ2) is 5.32. The average Bonchev–Trinajstić information content (AvgIpc) is 2.14. The Morgan fingerprint density at radius 3 is 2.93 bits per heavy atom. The van der Waals surface area contributed by atoms with Crippen LogP contribution in [-0.2, 0) is 0 Å². The Bertz CT molecular complexity index is 328. The van der Waals surface area contributed by atoms with Gasteiger partial charge in [-0.15, -0.1) is 0 Å². The molecule has 1 aromatic carbocycles. The molecule has 2 nitrogen and oxygen atoms in total. The Hall–Kier alpha value is -0.610. The summed E-state index contributed by atoms with van der Waals surface area (Å²) < 4.78 is 1.06. The maximum absolute atomic E-state index is 5.51. The van der Waals surface area contributed by atoms with E-state index in [9.17, 15) is 0 Å². The summed E-state index contributed by atoms with van der Waals surface area (Å²) in [6, 6.07) is 8.00. The molecule has 0 aromatic heterocycles. The summed E-state index contributed by atoms with van der Waals surface area (Å²) in [6.07, 6.45) is 0. The SMILES string of the molecule is CC(CNc1cccc(Br)c1)C(N)=S. The molecule has 0 aliphatic heterocycles. The van der Waals surface area contributed by atoms with Crippen LogP contribution in [0.2, 0.25) is 0 Å². The van der Waals surface area contributed by atoms with Gasteiger partial charge in [-0.3, -0.25) is 0 Å². The van der Waals surface area contributed by atoms with Crippen LogP contribution in [0.5, 0.6) is 0 Å². The van der Waals surface area contributed by atoms with Crippen LogP contribution in [0.1, 0.15) is 6.92 Å². The summed E-state index contributed by atoms with van der Waals surface area (Å²) in [5, 5.41) is 3.27. The monoisotopic (exact) mass is 272 g/mol. The van der Waals surface area contributed by atoms with E-state index in [0.717, 1.165) is 16.7 Å². The van der Waals surface area contributed by atoms with Crippen molar-refractivity contribution in [3.63, 3.8) is 0 Å². The number of nitrogens with two attached hydrogens (primary N) is 1. The van der Waals surface area contributed by atoms with E-state index in [1.54, 1.807) is 0 Å². The van der Waals surface area contributed by atoms with E-state index < -0.39 is 0 Å². The predicted molar refractivity (Wildman–Crippen MR) is 68.6 cm³/mol. The molecule has 0 fully saturated rings. The van der Waals surface area contributed by atoms with Gasteiger partial charge in [-0.05, 0) is 18.2 Å². The molecule has 1 rings (SSSR count). The molecule has 14 heavy (non-hydrogen) atoms. The van der Waals surface area contributed by atoms with Gasteiger partial charge in [0.25, 0.3) is 0 Å². The van der Waals surface area contributed by atoms with Crippen molar-refractivity contribution >= 4 is 38.8 Å². The molecule has 4 heteroatoms. The average molecular weight is 273 g/mol. The molecule has 0 saturated carbocycles. The topological polar surface area (TPSA) is 38.0 Å². The van der Waals surface area contributed by atoms with E-state index in [4.69, 9.17) is 18.0 Å². The fourth-order valence-corrected chi connectivity index (χ4v) is 1.45. The Balaban J connectivity index is 2.49. The lowest BCUT2D eigenvalue weighted by molar-refractivity contribution is 0.821. The Morgan fingerprint density at radius 2 is 2.36 bits per heavy atom. The van der Waals surface area contributed by atoms with E-state index in [1.165, 1.54) is 0 Å². The highest BCUT2D eigenvalue weighted by Crippen LogP contribution is 2.15. The highest BCUT2D eigenvalue weighted by Gasteiger charge is 2.03. The van der Waals surface area contributed by atoms with Crippen molar-refractivity contribution in [2.75, 3.05) is 11.9 Å². The Labute approximate surface area is 98.0 Å². The molecule has 1 unspecified atom stereocenters. The van der Waals surface area contributed by atoms with Crippen LogP contribution in [0.4, 0.5) is 5.69 Å². The van der Waals surface area contributed by atoms with Crippen molar-refractivity contribution in [2.24, 2.45) is 11.7 Å². The predicted octanol–water partition coefficient (Wildman–Crippen LogP) is 2.78. The minimum absolute atomic E-state index is 0.212. The highest BCUT2D eigenvalue weighted by atomic mass is 79.9. The zero-order valence-corrected chi connectivity index (χ0v) is 10.4. The van der Waals surface area contributed by atoms with Gasteiger partial charge in [0, 0.05) is 22.6 Å². The number of benzene rings is 1. The number of halogens is 1. The first kappa shape index (κ1) is 11.5. The van der Waals surface area contributed by atoms with Gasteiger partial charge in [-0.25, -0.2) is 0 Å². The Kier molecular flexibility index (Phi) is 4.35. The molecule has 0 aliphatic rings. The van der Waals surface area contributed by atoms with E-state index in [0.29, 0.717) is 4.99 Å². The highest BCUT2D eigenvalue weighted by molar-refractivity contribution is 9.10. The third-order valence-electron chi connectivity index (χ3n) is 1.92. The summed E-state index contributed by atoms with van der Waals surface area (Å²) in [4.78, 5) is 0.549. The number of hydrogen-bond donors (Lipinski definition) is 2. The van der Waals surface area contributed by atoms with Crippen molar-refractivity contribution in [2.45, 2.75) is 6.92 Å². The minimum Gasteiger partial charge on any atom is -0.393 e. The van der Waals surface area contributed by atoms with Crippen LogP contribution in [0.25, 0.3) is 0 Å².